The Labute approximate surface area is 236 Å². The van der Waals surface area contributed by atoms with Crippen LogP contribution in [0.4, 0.5) is 14.6 Å². The van der Waals surface area contributed by atoms with E-state index >= 15 is 4.39 Å². The van der Waals surface area contributed by atoms with E-state index in [1.54, 1.807) is 24.4 Å². The van der Waals surface area contributed by atoms with Gasteiger partial charge in [0, 0.05) is 36.8 Å². The molecule has 4 aromatic rings. The van der Waals surface area contributed by atoms with Gasteiger partial charge in [0.1, 0.15) is 29.5 Å². The second kappa shape index (κ2) is 10.0. The molecule has 0 amide bonds. The number of nitrogens with one attached hydrogen (secondary N) is 1. The smallest absolute Gasteiger partial charge is 0.319 e. The van der Waals surface area contributed by atoms with Crippen LogP contribution in [0.3, 0.4) is 0 Å². The maximum atomic E-state index is 16.5. The molecule has 0 bridgehead atoms. The van der Waals surface area contributed by atoms with Crippen molar-refractivity contribution in [2.75, 3.05) is 44.7 Å². The van der Waals surface area contributed by atoms with Gasteiger partial charge in [-0.3, -0.25) is 9.88 Å². The Bertz CT molecular complexity index is 1600. The average molecular weight is 565 g/mol. The maximum Gasteiger partial charge on any atom is 0.319 e. The van der Waals surface area contributed by atoms with Crippen LogP contribution in [0.5, 0.6) is 6.01 Å². The molecule has 2 aromatic heterocycles. The van der Waals surface area contributed by atoms with Crippen LogP contribution in [0.15, 0.2) is 36.5 Å². The summed E-state index contributed by atoms with van der Waals surface area (Å²) in [5.74, 6) is -0.596. The van der Waals surface area contributed by atoms with Crippen LogP contribution in [0.2, 0.25) is 5.02 Å². The van der Waals surface area contributed by atoms with Gasteiger partial charge in [0.15, 0.2) is 5.82 Å². The van der Waals surface area contributed by atoms with E-state index in [-0.39, 0.29) is 33.8 Å². The number of hydrogen-bond acceptors (Lipinski definition) is 7. The first-order valence-corrected chi connectivity index (χ1v) is 14.4. The van der Waals surface area contributed by atoms with Crippen molar-refractivity contribution in [1.29, 1.82) is 0 Å². The molecule has 3 aliphatic heterocycles. The van der Waals surface area contributed by atoms with Gasteiger partial charge in [-0.2, -0.15) is 9.97 Å². The van der Waals surface area contributed by atoms with E-state index < -0.39 is 11.6 Å². The first-order chi connectivity index (χ1) is 19.4. The average Bonchev–Trinajstić information content (AvgIpc) is 3.72. The molecule has 0 spiro atoms. The van der Waals surface area contributed by atoms with Crippen LogP contribution in [-0.4, -0.2) is 71.3 Å². The second-order valence-electron chi connectivity index (χ2n) is 11.2. The number of rotatable bonds is 6. The molecule has 5 heterocycles. The monoisotopic (exact) mass is 564 g/mol. The number of fused-ring (bicyclic) bond motifs is 3. The number of likely N-dealkylation sites (N-methyl/N-ethyl adjacent to an activating group) is 1. The van der Waals surface area contributed by atoms with Gasteiger partial charge in [0.2, 0.25) is 0 Å². The fourth-order valence-electron chi connectivity index (χ4n) is 6.85. The minimum absolute atomic E-state index is 0.00544. The molecule has 0 radical (unpaired) electrons. The van der Waals surface area contributed by atoms with E-state index in [0.717, 1.165) is 58.3 Å². The molecule has 2 aromatic carbocycles. The predicted octanol–water partition coefficient (Wildman–Crippen LogP) is 5.58. The van der Waals surface area contributed by atoms with E-state index in [2.05, 4.69) is 25.1 Å². The lowest BCUT2D eigenvalue weighted by molar-refractivity contribution is 0.108. The normalized spacial score (nSPS) is 20.4. The lowest BCUT2D eigenvalue weighted by Crippen LogP contribution is -2.43. The first kappa shape index (κ1) is 25.8. The van der Waals surface area contributed by atoms with Gasteiger partial charge in [0.25, 0.3) is 0 Å². The highest BCUT2D eigenvalue weighted by atomic mass is 35.5. The zero-order valence-corrected chi connectivity index (χ0v) is 23.1. The highest BCUT2D eigenvalue weighted by Crippen LogP contribution is 2.40. The lowest BCUT2D eigenvalue weighted by atomic mass is 9.95. The molecule has 1 unspecified atom stereocenters. The summed E-state index contributed by atoms with van der Waals surface area (Å²) >= 11 is 6.38. The van der Waals surface area contributed by atoms with Crippen molar-refractivity contribution in [1.82, 2.24) is 25.2 Å². The SMILES string of the molecule is CN(c1nc(OCC23CCCN2CCC3)nc2c(F)c(-c3cccc4ccc(F)c(Cl)c34)ncc12)C1CCNC1. The molecule has 0 saturated carbocycles. The fraction of sp³-hybridized carbons (Fsp3) is 0.433. The molecule has 3 fully saturated rings. The quantitative estimate of drug-likeness (QED) is 0.328. The zero-order chi connectivity index (χ0) is 27.4. The number of hydrogen-bond donors (Lipinski definition) is 1. The fourth-order valence-corrected chi connectivity index (χ4v) is 7.13. The Kier molecular flexibility index (Phi) is 6.48. The van der Waals surface area contributed by atoms with Crippen molar-refractivity contribution in [3.8, 4) is 17.3 Å². The third kappa shape index (κ3) is 4.17. The number of anilines is 1. The summed E-state index contributed by atoms with van der Waals surface area (Å²) in [5.41, 5.74) is 0.594. The Morgan fingerprint density at radius 3 is 2.75 bits per heavy atom. The van der Waals surface area contributed by atoms with Crippen molar-refractivity contribution >= 4 is 39.1 Å². The molecule has 1 N–H and O–H groups in total. The summed E-state index contributed by atoms with van der Waals surface area (Å²) in [5, 5.41) is 4.94. The molecule has 10 heteroatoms. The summed E-state index contributed by atoms with van der Waals surface area (Å²) in [6.45, 7) is 4.37. The van der Waals surface area contributed by atoms with Gasteiger partial charge in [-0.15, -0.1) is 0 Å². The molecule has 40 heavy (non-hydrogen) atoms. The van der Waals surface area contributed by atoms with Crippen molar-refractivity contribution in [3.05, 3.63) is 53.2 Å². The Balaban J connectivity index is 1.36. The zero-order valence-electron chi connectivity index (χ0n) is 22.4. The predicted molar refractivity (Wildman–Crippen MR) is 153 cm³/mol. The summed E-state index contributed by atoms with van der Waals surface area (Å²) in [7, 11) is 1.97. The molecule has 3 saturated heterocycles. The molecule has 1 atom stereocenters. The summed E-state index contributed by atoms with van der Waals surface area (Å²) < 4.78 is 37.2. The Morgan fingerprint density at radius 2 is 1.98 bits per heavy atom. The summed E-state index contributed by atoms with van der Waals surface area (Å²) in [6, 6.07) is 8.60. The highest BCUT2D eigenvalue weighted by molar-refractivity contribution is 6.36. The molecule has 3 aliphatic rings. The number of pyridine rings is 1. The Morgan fingerprint density at radius 1 is 1.15 bits per heavy atom. The number of nitrogens with zero attached hydrogens (tertiary/aromatic N) is 5. The van der Waals surface area contributed by atoms with Crippen molar-refractivity contribution in [3.63, 3.8) is 0 Å². The van der Waals surface area contributed by atoms with Crippen LogP contribution in [0.25, 0.3) is 32.9 Å². The van der Waals surface area contributed by atoms with E-state index in [1.165, 1.54) is 6.07 Å². The molecule has 7 nitrogen and oxygen atoms in total. The van der Waals surface area contributed by atoms with Crippen LogP contribution < -0.4 is 15.0 Å². The van der Waals surface area contributed by atoms with Crippen molar-refractivity contribution in [2.45, 2.75) is 43.7 Å². The van der Waals surface area contributed by atoms with Crippen molar-refractivity contribution in [2.24, 2.45) is 0 Å². The van der Waals surface area contributed by atoms with E-state index in [1.807, 2.05) is 13.1 Å². The molecular weight excluding hydrogens is 534 g/mol. The number of halogens is 3. The van der Waals surface area contributed by atoms with E-state index in [0.29, 0.717) is 34.1 Å². The Hall–Kier alpha value is -3.14. The number of benzene rings is 2. The van der Waals surface area contributed by atoms with Gasteiger partial charge in [-0.05, 0) is 63.2 Å². The van der Waals surface area contributed by atoms with Gasteiger partial charge in [0.05, 0.1) is 15.9 Å². The first-order valence-electron chi connectivity index (χ1n) is 14.0. The van der Waals surface area contributed by atoms with Gasteiger partial charge < -0.3 is 15.0 Å². The van der Waals surface area contributed by atoms with E-state index in [9.17, 15) is 4.39 Å². The van der Waals surface area contributed by atoms with Gasteiger partial charge in [-0.1, -0.05) is 35.9 Å². The number of ether oxygens (including phenoxy) is 1. The van der Waals surface area contributed by atoms with Crippen molar-refractivity contribution < 1.29 is 13.5 Å². The molecule has 208 valence electrons. The summed E-state index contributed by atoms with van der Waals surface area (Å²) in [4.78, 5) is 18.5. The molecule has 0 aliphatic carbocycles. The van der Waals surface area contributed by atoms with Crippen LogP contribution >= 0.6 is 11.6 Å². The molecular formula is C30H31ClF2N6O. The minimum Gasteiger partial charge on any atom is -0.461 e. The van der Waals surface area contributed by atoms with Crippen LogP contribution in [0.1, 0.15) is 32.1 Å². The summed E-state index contributed by atoms with van der Waals surface area (Å²) in [6.07, 6.45) is 7.03. The third-order valence-corrected chi connectivity index (χ3v) is 9.40. The lowest BCUT2D eigenvalue weighted by Gasteiger charge is -2.31. The van der Waals surface area contributed by atoms with Gasteiger partial charge >= 0.3 is 6.01 Å². The second-order valence-corrected chi connectivity index (χ2v) is 11.6. The third-order valence-electron chi connectivity index (χ3n) is 9.03. The highest BCUT2D eigenvalue weighted by Gasteiger charge is 2.45. The molecule has 7 rings (SSSR count). The largest absolute Gasteiger partial charge is 0.461 e. The minimum atomic E-state index is -0.613. The van der Waals surface area contributed by atoms with Gasteiger partial charge in [-0.25, -0.2) is 8.78 Å². The standard InChI is InChI=1S/C30H31ClF2N6O/c1-38(19-9-12-34-15-19)28-21-16-35-26(20-6-2-5-18-7-8-22(32)24(31)23(18)20)25(33)27(21)36-29(37-28)40-17-30-10-3-13-39(30)14-4-11-30/h2,5-8,16,19,34H,3-4,9-15,17H2,1H3. The van der Waals surface area contributed by atoms with E-state index in [4.69, 9.17) is 21.3 Å². The number of aromatic nitrogens is 3. The maximum absolute atomic E-state index is 16.5. The van der Waals surface area contributed by atoms with Crippen LogP contribution in [-0.2, 0) is 0 Å². The van der Waals surface area contributed by atoms with Crippen LogP contribution in [0, 0.1) is 11.6 Å². The topological polar surface area (TPSA) is 66.4 Å².